The van der Waals surface area contributed by atoms with Gasteiger partial charge in [0.1, 0.15) is 5.75 Å². The summed E-state index contributed by atoms with van der Waals surface area (Å²) in [6, 6.07) is 14.5. The third-order valence-corrected chi connectivity index (χ3v) is 4.90. The van der Waals surface area contributed by atoms with Gasteiger partial charge in [-0.15, -0.1) is 0 Å². The Bertz CT molecular complexity index is 716. The van der Waals surface area contributed by atoms with Crippen molar-refractivity contribution < 1.29 is 13.2 Å². The molecule has 0 radical (unpaired) electrons. The zero-order valence-corrected chi connectivity index (χ0v) is 13.9. The van der Waals surface area contributed by atoms with Gasteiger partial charge in [-0.25, -0.2) is 8.42 Å². The van der Waals surface area contributed by atoms with Gasteiger partial charge in [0.05, 0.1) is 18.6 Å². The van der Waals surface area contributed by atoms with Gasteiger partial charge >= 0.3 is 0 Å². The largest absolute Gasteiger partial charge is 0.497 e. The molecule has 2 aromatic rings. The van der Waals surface area contributed by atoms with Crippen molar-refractivity contribution in [1.29, 1.82) is 0 Å². The highest BCUT2D eigenvalue weighted by Gasteiger charge is 2.12. The Morgan fingerprint density at radius 2 is 1.90 bits per heavy atom. The van der Waals surface area contributed by atoms with Gasteiger partial charge in [0.25, 0.3) is 0 Å². The number of benzene rings is 2. The SMILES string of the molecule is COc1cccc(CCS(=O)(=O)Nc2ccccc2Br)c1. The van der Waals surface area contributed by atoms with E-state index >= 15 is 0 Å². The third-order valence-electron chi connectivity index (χ3n) is 2.93. The van der Waals surface area contributed by atoms with Crippen LogP contribution in [0.4, 0.5) is 5.69 Å². The highest BCUT2D eigenvalue weighted by molar-refractivity contribution is 9.10. The first-order chi connectivity index (χ1) is 10.00. The summed E-state index contributed by atoms with van der Waals surface area (Å²) < 4.78 is 32.7. The summed E-state index contributed by atoms with van der Waals surface area (Å²) in [5.41, 5.74) is 1.47. The van der Waals surface area contributed by atoms with Crippen LogP contribution in [0.2, 0.25) is 0 Å². The summed E-state index contributed by atoms with van der Waals surface area (Å²) in [6.45, 7) is 0. The molecule has 4 nitrogen and oxygen atoms in total. The van der Waals surface area contributed by atoms with Gasteiger partial charge in [0, 0.05) is 4.47 Å². The van der Waals surface area contributed by atoms with Gasteiger partial charge < -0.3 is 4.74 Å². The van der Waals surface area contributed by atoms with Crippen molar-refractivity contribution in [3.05, 3.63) is 58.6 Å². The summed E-state index contributed by atoms with van der Waals surface area (Å²) in [5, 5.41) is 0. The first kappa shape index (κ1) is 15.9. The summed E-state index contributed by atoms with van der Waals surface area (Å²) in [5.74, 6) is 0.741. The van der Waals surface area contributed by atoms with E-state index in [1.165, 1.54) is 0 Å². The van der Waals surface area contributed by atoms with Crippen molar-refractivity contribution in [1.82, 2.24) is 0 Å². The normalized spacial score (nSPS) is 11.1. The van der Waals surface area contributed by atoms with Crippen LogP contribution < -0.4 is 9.46 Å². The van der Waals surface area contributed by atoms with Crippen LogP contribution >= 0.6 is 15.9 Å². The topological polar surface area (TPSA) is 55.4 Å². The van der Waals surface area contributed by atoms with E-state index in [2.05, 4.69) is 20.7 Å². The van der Waals surface area contributed by atoms with Crippen molar-refractivity contribution in [2.45, 2.75) is 6.42 Å². The first-order valence-corrected chi connectivity index (χ1v) is 8.83. The maximum Gasteiger partial charge on any atom is 0.233 e. The summed E-state index contributed by atoms with van der Waals surface area (Å²) in [7, 11) is -1.81. The Morgan fingerprint density at radius 1 is 1.14 bits per heavy atom. The average molecular weight is 370 g/mol. The molecule has 0 fully saturated rings. The smallest absolute Gasteiger partial charge is 0.233 e. The Labute approximate surface area is 133 Å². The van der Waals surface area contributed by atoms with Crippen LogP contribution in [0.5, 0.6) is 5.75 Å². The lowest BCUT2D eigenvalue weighted by Crippen LogP contribution is -2.18. The van der Waals surface area contributed by atoms with Crippen LogP contribution in [0.25, 0.3) is 0 Å². The van der Waals surface area contributed by atoms with E-state index in [4.69, 9.17) is 4.74 Å². The number of anilines is 1. The van der Waals surface area contributed by atoms with E-state index in [9.17, 15) is 8.42 Å². The highest BCUT2D eigenvalue weighted by Crippen LogP contribution is 2.22. The fourth-order valence-corrected chi connectivity index (χ4v) is 3.48. The van der Waals surface area contributed by atoms with E-state index in [-0.39, 0.29) is 5.75 Å². The van der Waals surface area contributed by atoms with Crippen molar-refractivity contribution >= 4 is 31.6 Å². The highest BCUT2D eigenvalue weighted by atomic mass is 79.9. The predicted molar refractivity (Wildman–Crippen MR) is 88.2 cm³/mol. The lowest BCUT2D eigenvalue weighted by molar-refractivity contribution is 0.414. The quantitative estimate of drug-likeness (QED) is 0.848. The Kier molecular flexibility index (Phi) is 5.25. The number of methoxy groups -OCH3 is 1. The maximum absolute atomic E-state index is 12.1. The summed E-state index contributed by atoms with van der Waals surface area (Å²) in [6.07, 6.45) is 0.428. The second kappa shape index (κ2) is 6.95. The number of nitrogens with one attached hydrogen (secondary N) is 1. The van der Waals surface area contributed by atoms with E-state index in [1.54, 1.807) is 25.3 Å². The average Bonchev–Trinajstić information content (AvgIpc) is 2.48. The lowest BCUT2D eigenvalue weighted by atomic mass is 10.2. The van der Waals surface area contributed by atoms with Crippen molar-refractivity contribution in [3.8, 4) is 5.75 Å². The van der Waals surface area contributed by atoms with Crippen LogP contribution in [0, 0.1) is 0 Å². The molecule has 0 saturated heterocycles. The van der Waals surface area contributed by atoms with Gasteiger partial charge in [0.15, 0.2) is 0 Å². The number of para-hydroxylation sites is 1. The minimum absolute atomic E-state index is 0.0154. The molecule has 0 unspecified atom stereocenters. The number of rotatable bonds is 6. The molecule has 2 aromatic carbocycles. The first-order valence-electron chi connectivity index (χ1n) is 6.38. The second-order valence-corrected chi connectivity index (χ2v) is 7.20. The standard InChI is InChI=1S/C15H16BrNO3S/c1-20-13-6-4-5-12(11-13)9-10-21(18,19)17-15-8-3-2-7-14(15)16/h2-8,11,17H,9-10H2,1H3. The van der Waals surface area contributed by atoms with Crippen molar-refractivity contribution in [3.63, 3.8) is 0 Å². The number of aryl methyl sites for hydroxylation is 1. The molecule has 0 aliphatic heterocycles. The number of hydrogen-bond donors (Lipinski definition) is 1. The monoisotopic (exact) mass is 369 g/mol. The molecule has 112 valence electrons. The van der Waals surface area contributed by atoms with Gasteiger partial charge in [-0.3, -0.25) is 4.72 Å². The minimum Gasteiger partial charge on any atom is -0.497 e. The maximum atomic E-state index is 12.1. The molecule has 1 N–H and O–H groups in total. The Balaban J connectivity index is 2.03. The molecular formula is C15H16BrNO3S. The van der Waals surface area contributed by atoms with Crippen molar-refractivity contribution in [2.75, 3.05) is 17.6 Å². The molecule has 0 aliphatic rings. The van der Waals surface area contributed by atoms with Gasteiger partial charge in [-0.05, 0) is 52.2 Å². The van der Waals surface area contributed by atoms with E-state index in [1.807, 2.05) is 30.3 Å². The van der Waals surface area contributed by atoms with E-state index in [0.717, 1.165) is 15.8 Å². The zero-order valence-electron chi connectivity index (χ0n) is 11.5. The van der Waals surface area contributed by atoms with E-state index < -0.39 is 10.0 Å². The Hall–Kier alpha value is -1.53. The van der Waals surface area contributed by atoms with Gasteiger partial charge in [0.2, 0.25) is 10.0 Å². The van der Waals surface area contributed by atoms with Crippen LogP contribution in [0.15, 0.2) is 53.0 Å². The van der Waals surface area contributed by atoms with Gasteiger partial charge in [-0.2, -0.15) is 0 Å². The number of ether oxygens (including phenoxy) is 1. The fraction of sp³-hybridized carbons (Fsp3) is 0.200. The van der Waals surface area contributed by atoms with Gasteiger partial charge in [-0.1, -0.05) is 24.3 Å². The molecule has 0 aromatic heterocycles. The minimum atomic E-state index is -3.40. The molecule has 0 amide bonds. The lowest BCUT2D eigenvalue weighted by Gasteiger charge is -2.10. The Morgan fingerprint density at radius 3 is 2.62 bits per heavy atom. The predicted octanol–water partition coefficient (Wildman–Crippen LogP) is 3.44. The molecule has 21 heavy (non-hydrogen) atoms. The second-order valence-electron chi connectivity index (χ2n) is 4.50. The van der Waals surface area contributed by atoms with Crippen LogP contribution in [-0.2, 0) is 16.4 Å². The zero-order chi connectivity index (χ0) is 15.3. The molecule has 0 aliphatic carbocycles. The molecule has 0 spiro atoms. The number of sulfonamides is 1. The van der Waals surface area contributed by atoms with Crippen LogP contribution in [-0.4, -0.2) is 21.3 Å². The van der Waals surface area contributed by atoms with E-state index in [0.29, 0.717) is 12.1 Å². The van der Waals surface area contributed by atoms with Crippen LogP contribution in [0.1, 0.15) is 5.56 Å². The molecular weight excluding hydrogens is 354 g/mol. The molecule has 0 heterocycles. The van der Waals surface area contributed by atoms with Crippen molar-refractivity contribution in [2.24, 2.45) is 0 Å². The molecule has 0 atom stereocenters. The summed E-state index contributed by atoms with van der Waals surface area (Å²) in [4.78, 5) is 0. The third kappa shape index (κ3) is 4.75. The molecule has 0 saturated carbocycles. The summed E-state index contributed by atoms with van der Waals surface area (Å²) >= 11 is 3.32. The van der Waals surface area contributed by atoms with Crippen LogP contribution in [0.3, 0.4) is 0 Å². The number of halogens is 1. The molecule has 2 rings (SSSR count). The molecule has 6 heteroatoms. The fourth-order valence-electron chi connectivity index (χ4n) is 1.84. The number of hydrogen-bond acceptors (Lipinski definition) is 3. The molecule has 0 bridgehead atoms.